The van der Waals surface area contributed by atoms with Gasteiger partial charge in [0.05, 0.1) is 18.1 Å². The van der Waals surface area contributed by atoms with Crippen LogP contribution >= 0.6 is 0 Å². The minimum absolute atomic E-state index is 0.541. The van der Waals surface area contributed by atoms with Gasteiger partial charge in [0.25, 0.3) is 0 Å². The van der Waals surface area contributed by atoms with Gasteiger partial charge in [0.2, 0.25) is 0 Å². The molecule has 0 fully saturated rings. The topological polar surface area (TPSA) is 53.1 Å². The van der Waals surface area contributed by atoms with E-state index in [2.05, 4.69) is 24.5 Å². The Labute approximate surface area is 114 Å². The molecular weight excluding hydrogens is 238 g/mol. The van der Waals surface area contributed by atoms with E-state index in [4.69, 9.17) is 15.5 Å². The molecular formula is C15H23N3O. The van der Waals surface area contributed by atoms with Gasteiger partial charge in [-0.25, -0.2) is 4.98 Å². The fraction of sp³-hybridized carbons (Fsp3) is 0.533. The van der Waals surface area contributed by atoms with Gasteiger partial charge in [0.1, 0.15) is 11.6 Å². The zero-order valence-electron chi connectivity index (χ0n) is 12.0. The minimum Gasteiger partial charge on any atom is -0.497 e. The summed E-state index contributed by atoms with van der Waals surface area (Å²) in [5.74, 6) is 2.54. The minimum atomic E-state index is 0.541. The molecule has 4 nitrogen and oxygen atoms in total. The van der Waals surface area contributed by atoms with E-state index in [9.17, 15) is 0 Å². The Morgan fingerprint density at radius 3 is 2.84 bits per heavy atom. The smallest absolute Gasteiger partial charge is 0.121 e. The van der Waals surface area contributed by atoms with Crippen molar-refractivity contribution in [2.45, 2.75) is 33.2 Å². The molecule has 0 aliphatic rings. The van der Waals surface area contributed by atoms with Crippen LogP contribution in [0.5, 0.6) is 5.75 Å². The normalized spacial score (nSPS) is 12.8. The van der Waals surface area contributed by atoms with Gasteiger partial charge < -0.3 is 15.0 Å². The fourth-order valence-electron chi connectivity index (χ4n) is 2.32. The van der Waals surface area contributed by atoms with Crippen LogP contribution in [0.4, 0.5) is 0 Å². The molecule has 1 heterocycles. The Hall–Kier alpha value is -1.55. The van der Waals surface area contributed by atoms with Gasteiger partial charge in [-0.3, -0.25) is 0 Å². The third-order valence-electron chi connectivity index (χ3n) is 3.61. The quantitative estimate of drug-likeness (QED) is 0.869. The molecule has 0 aliphatic carbocycles. The molecule has 1 aromatic heterocycles. The summed E-state index contributed by atoms with van der Waals surface area (Å²) in [5.41, 5.74) is 7.87. The number of imidazole rings is 1. The molecule has 0 radical (unpaired) electrons. The van der Waals surface area contributed by atoms with Crippen LogP contribution in [0.1, 0.15) is 26.1 Å². The molecule has 1 unspecified atom stereocenters. The van der Waals surface area contributed by atoms with E-state index in [-0.39, 0.29) is 0 Å². The zero-order valence-corrected chi connectivity index (χ0v) is 12.0. The van der Waals surface area contributed by atoms with Gasteiger partial charge >= 0.3 is 0 Å². The summed E-state index contributed by atoms with van der Waals surface area (Å²) in [4.78, 5) is 4.74. The van der Waals surface area contributed by atoms with Crippen LogP contribution < -0.4 is 10.5 Å². The number of nitrogens with zero attached hydrogens (tertiary/aromatic N) is 2. The molecule has 104 valence electrons. The van der Waals surface area contributed by atoms with Gasteiger partial charge in [-0.15, -0.1) is 0 Å². The lowest BCUT2D eigenvalue weighted by atomic mass is 10.1. The molecule has 2 rings (SSSR count). The lowest BCUT2D eigenvalue weighted by molar-refractivity contribution is 0.415. The van der Waals surface area contributed by atoms with E-state index < -0.39 is 0 Å². The van der Waals surface area contributed by atoms with Gasteiger partial charge in [0, 0.05) is 19.0 Å². The molecule has 0 amide bonds. The molecule has 0 aliphatic heterocycles. The van der Waals surface area contributed by atoms with Gasteiger partial charge in [0.15, 0.2) is 0 Å². The number of fused-ring (bicyclic) bond motifs is 1. The first-order valence-corrected chi connectivity index (χ1v) is 6.92. The Morgan fingerprint density at radius 2 is 2.21 bits per heavy atom. The highest BCUT2D eigenvalue weighted by atomic mass is 16.5. The maximum atomic E-state index is 5.68. The number of hydrogen-bond acceptors (Lipinski definition) is 3. The van der Waals surface area contributed by atoms with Crippen molar-refractivity contribution in [2.24, 2.45) is 11.7 Å². The second kappa shape index (κ2) is 6.06. The van der Waals surface area contributed by atoms with Crippen LogP contribution in [0.25, 0.3) is 11.0 Å². The summed E-state index contributed by atoms with van der Waals surface area (Å²) < 4.78 is 7.53. The van der Waals surface area contributed by atoms with Crippen molar-refractivity contribution in [3.8, 4) is 5.75 Å². The zero-order chi connectivity index (χ0) is 13.8. The molecule has 19 heavy (non-hydrogen) atoms. The summed E-state index contributed by atoms with van der Waals surface area (Å²) in [7, 11) is 1.68. The number of rotatable bonds is 6. The number of aryl methyl sites for hydroxylation is 2. The van der Waals surface area contributed by atoms with E-state index in [0.717, 1.165) is 43.0 Å². The second-order valence-corrected chi connectivity index (χ2v) is 5.01. The maximum Gasteiger partial charge on any atom is 0.121 e. The van der Waals surface area contributed by atoms with Crippen LogP contribution in [0.15, 0.2) is 18.2 Å². The van der Waals surface area contributed by atoms with E-state index in [0.29, 0.717) is 5.92 Å². The van der Waals surface area contributed by atoms with Crippen molar-refractivity contribution in [2.75, 3.05) is 13.7 Å². The SMILES string of the molecule is CCn1c(CCC(C)CN)nc2cc(OC)ccc21. The predicted octanol–water partition coefficient (Wildman–Crippen LogP) is 2.59. The lowest BCUT2D eigenvalue weighted by Crippen LogP contribution is -2.12. The second-order valence-electron chi connectivity index (χ2n) is 5.01. The highest BCUT2D eigenvalue weighted by Gasteiger charge is 2.11. The van der Waals surface area contributed by atoms with E-state index in [1.54, 1.807) is 7.11 Å². The number of methoxy groups -OCH3 is 1. The maximum absolute atomic E-state index is 5.68. The third-order valence-corrected chi connectivity index (χ3v) is 3.61. The monoisotopic (exact) mass is 261 g/mol. The van der Waals surface area contributed by atoms with Crippen LogP contribution in [0.3, 0.4) is 0 Å². The largest absolute Gasteiger partial charge is 0.497 e. The number of nitrogens with two attached hydrogens (primary N) is 1. The van der Waals surface area contributed by atoms with Crippen LogP contribution in [0.2, 0.25) is 0 Å². The van der Waals surface area contributed by atoms with Crippen LogP contribution in [-0.4, -0.2) is 23.2 Å². The van der Waals surface area contributed by atoms with Crippen molar-refractivity contribution in [3.63, 3.8) is 0 Å². The van der Waals surface area contributed by atoms with E-state index in [1.165, 1.54) is 5.52 Å². The summed E-state index contributed by atoms with van der Waals surface area (Å²) >= 11 is 0. The molecule has 1 atom stereocenters. The summed E-state index contributed by atoms with van der Waals surface area (Å²) in [6.07, 6.45) is 2.06. The lowest BCUT2D eigenvalue weighted by Gasteiger charge is -2.09. The van der Waals surface area contributed by atoms with Crippen molar-refractivity contribution in [3.05, 3.63) is 24.0 Å². The van der Waals surface area contributed by atoms with E-state index in [1.807, 2.05) is 12.1 Å². The number of aromatic nitrogens is 2. The standard InChI is InChI=1S/C15H23N3O/c1-4-18-14-7-6-12(19-3)9-13(14)17-15(18)8-5-11(2)10-16/h6-7,9,11H,4-5,8,10,16H2,1-3H3. The average molecular weight is 261 g/mol. The third kappa shape index (κ3) is 2.89. The van der Waals surface area contributed by atoms with Crippen LogP contribution in [0, 0.1) is 5.92 Å². The highest BCUT2D eigenvalue weighted by Crippen LogP contribution is 2.23. The Balaban J connectivity index is 2.32. The highest BCUT2D eigenvalue weighted by molar-refractivity contribution is 5.77. The van der Waals surface area contributed by atoms with Gasteiger partial charge in [-0.2, -0.15) is 0 Å². The Kier molecular flexibility index (Phi) is 4.43. The number of hydrogen-bond donors (Lipinski definition) is 1. The van der Waals surface area contributed by atoms with E-state index >= 15 is 0 Å². The Morgan fingerprint density at radius 1 is 1.42 bits per heavy atom. The van der Waals surface area contributed by atoms with Crippen molar-refractivity contribution in [1.29, 1.82) is 0 Å². The molecule has 2 N–H and O–H groups in total. The molecule has 0 spiro atoms. The number of ether oxygens (including phenoxy) is 1. The summed E-state index contributed by atoms with van der Waals surface area (Å²) in [6.45, 7) is 6.01. The molecule has 0 saturated heterocycles. The Bertz CT molecular complexity index is 548. The van der Waals surface area contributed by atoms with Gasteiger partial charge in [-0.1, -0.05) is 6.92 Å². The molecule has 2 aromatic rings. The first-order chi connectivity index (χ1) is 9.19. The first-order valence-electron chi connectivity index (χ1n) is 6.92. The average Bonchev–Trinajstić information content (AvgIpc) is 2.80. The molecule has 1 aromatic carbocycles. The number of benzene rings is 1. The fourth-order valence-corrected chi connectivity index (χ4v) is 2.32. The first kappa shape index (κ1) is 13.9. The van der Waals surface area contributed by atoms with Crippen molar-refractivity contribution < 1.29 is 4.74 Å². The summed E-state index contributed by atoms with van der Waals surface area (Å²) in [6, 6.07) is 6.07. The van der Waals surface area contributed by atoms with Gasteiger partial charge in [-0.05, 0) is 37.9 Å². The van der Waals surface area contributed by atoms with Crippen LogP contribution in [-0.2, 0) is 13.0 Å². The van der Waals surface area contributed by atoms with Crippen molar-refractivity contribution >= 4 is 11.0 Å². The molecule has 0 saturated carbocycles. The summed E-state index contributed by atoms with van der Waals surface area (Å²) in [5, 5.41) is 0. The molecule has 0 bridgehead atoms. The van der Waals surface area contributed by atoms with Crippen molar-refractivity contribution in [1.82, 2.24) is 9.55 Å². The molecule has 4 heteroatoms. The predicted molar refractivity (Wildman–Crippen MR) is 78.5 cm³/mol.